The monoisotopic (exact) mass is 391 g/mol. The summed E-state index contributed by atoms with van der Waals surface area (Å²) in [5.41, 5.74) is 0.962. The van der Waals surface area contributed by atoms with Gasteiger partial charge < -0.3 is 9.26 Å². The zero-order valence-electron chi connectivity index (χ0n) is 14.1. The number of ether oxygens (including phenoxy) is 1. The maximum absolute atomic E-state index is 14.2. The van der Waals surface area contributed by atoms with Gasteiger partial charge in [0.15, 0.2) is 0 Å². The van der Waals surface area contributed by atoms with E-state index in [4.69, 9.17) is 20.9 Å². The molecular formula is C19H15ClFNO3S. The molecule has 1 aromatic heterocycles. The number of aromatic nitrogens is 1. The van der Waals surface area contributed by atoms with E-state index in [2.05, 4.69) is 5.16 Å². The van der Waals surface area contributed by atoms with Gasteiger partial charge in [0.2, 0.25) is 0 Å². The second kappa shape index (κ2) is 7.93. The van der Waals surface area contributed by atoms with E-state index in [0.717, 1.165) is 10.5 Å². The molecule has 0 aliphatic carbocycles. The van der Waals surface area contributed by atoms with Crippen LogP contribution in [0.4, 0.5) is 4.39 Å². The molecule has 134 valence electrons. The number of hydrogen-bond donors (Lipinski definition) is 0. The second-order valence-corrected chi connectivity index (χ2v) is 6.77. The largest absolute Gasteiger partial charge is 0.457 e. The van der Waals surface area contributed by atoms with Crippen LogP contribution in [0.1, 0.15) is 21.7 Å². The fourth-order valence-corrected chi connectivity index (χ4v) is 3.11. The van der Waals surface area contributed by atoms with E-state index in [1.165, 1.54) is 18.2 Å². The van der Waals surface area contributed by atoms with Crippen molar-refractivity contribution in [2.24, 2.45) is 0 Å². The summed E-state index contributed by atoms with van der Waals surface area (Å²) >= 11 is 7.70. The summed E-state index contributed by atoms with van der Waals surface area (Å²) in [6.07, 6.45) is 1.99. The van der Waals surface area contributed by atoms with Crippen LogP contribution in [0, 0.1) is 12.7 Å². The molecule has 0 aliphatic rings. The third kappa shape index (κ3) is 3.76. The number of carbonyl (C=O) groups is 1. The molecule has 0 unspecified atom stereocenters. The van der Waals surface area contributed by atoms with E-state index in [1.54, 1.807) is 18.7 Å². The van der Waals surface area contributed by atoms with Gasteiger partial charge in [0, 0.05) is 4.90 Å². The molecule has 0 saturated heterocycles. The van der Waals surface area contributed by atoms with Gasteiger partial charge in [-0.2, -0.15) is 0 Å². The minimum absolute atomic E-state index is 0.0160. The highest BCUT2D eigenvalue weighted by Gasteiger charge is 2.26. The van der Waals surface area contributed by atoms with Gasteiger partial charge in [-0.3, -0.25) is 0 Å². The van der Waals surface area contributed by atoms with Crippen LogP contribution in [0.2, 0.25) is 5.02 Å². The predicted molar refractivity (Wildman–Crippen MR) is 99.0 cm³/mol. The van der Waals surface area contributed by atoms with Gasteiger partial charge in [0.05, 0.1) is 10.6 Å². The van der Waals surface area contributed by atoms with Crippen molar-refractivity contribution in [3.63, 3.8) is 0 Å². The first kappa shape index (κ1) is 18.5. The average Bonchev–Trinajstić information content (AvgIpc) is 3.01. The summed E-state index contributed by atoms with van der Waals surface area (Å²) in [7, 11) is 0. The molecule has 7 heteroatoms. The molecule has 0 radical (unpaired) electrons. The van der Waals surface area contributed by atoms with E-state index < -0.39 is 11.8 Å². The minimum Gasteiger partial charge on any atom is -0.457 e. The topological polar surface area (TPSA) is 52.3 Å². The number of rotatable bonds is 5. The van der Waals surface area contributed by atoms with Crippen molar-refractivity contribution < 1.29 is 18.4 Å². The molecule has 0 atom stereocenters. The van der Waals surface area contributed by atoms with Gasteiger partial charge in [-0.25, -0.2) is 9.18 Å². The van der Waals surface area contributed by atoms with Gasteiger partial charge >= 0.3 is 5.97 Å². The maximum atomic E-state index is 14.2. The third-order valence-corrected chi connectivity index (χ3v) is 4.85. The molecule has 2 aromatic carbocycles. The lowest BCUT2D eigenvalue weighted by molar-refractivity contribution is 0.0471. The highest BCUT2D eigenvalue weighted by atomic mass is 35.5. The van der Waals surface area contributed by atoms with Gasteiger partial charge in [-0.05, 0) is 43.0 Å². The summed E-state index contributed by atoms with van der Waals surface area (Å²) in [5.74, 6) is -0.999. The summed E-state index contributed by atoms with van der Waals surface area (Å²) in [6.45, 7) is 1.65. The Bertz CT molecular complexity index is 920. The number of halogens is 2. The minimum atomic E-state index is -0.646. The van der Waals surface area contributed by atoms with Crippen LogP contribution < -0.4 is 0 Å². The van der Waals surface area contributed by atoms with E-state index in [0.29, 0.717) is 0 Å². The normalized spacial score (nSPS) is 10.8. The highest BCUT2D eigenvalue weighted by Crippen LogP contribution is 2.33. The first-order chi connectivity index (χ1) is 12.5. The molecule has 0 aliphatic heterocycles. The van der Waals surface area contributed by atoms with Crippen molar-refractivity contribution in [3.8, 4) is 11.3 Å². The third-order valence-electron chi connectivity index (χ3n) is 3.80. The predicted octanol–water partition coefficient (Wildman–Crippen LogP) is 5.52. The molecule has 4 nitrogen and oxygen atoms in total. The Morgan fingerprint density at radius 3 is 2.65 bits per heavy atom. The summed E-state index contributed by atoms with van der Waals surface area (Å²) in [4.78, 5) is 13.7. The lowest BCUT2D eigenvalue weighted by Crippen LogP contribution is -2.08. The molecule has 1 heterocycles. The van der Waals surface area contributed by atoms with E-state index >= 15 is 0 Å². The van der Waals surface area contributed by atoms with Crippen molar-refractivity contribution >= 4 is 29.3 Å². The molecular weight excluding hydrogens is 377 g/mol. The van der Waals surface area contributed by atoms with Crippen LogP contribution in [0.3, 0.4) is 0 Å². The zero-order valence-corrected chi connectivity index (χ0v) is 15.7. The number of esters is 1. The molecule has 3 aromatic rings. The number of benzene rings is 2. The molecule has 0 fully saturated rings. The average molecular weight is 392 g/mol. The Balaban J connectivity index is 1.85. The van der Waals surface area contributed by atoms with E-state index in [1.807, 2.05) is 30.5 Å². The van der Waals surface area contributed by atoms with Crippen LogP contribution in [0.25, 0.3) is 11.3 Å². The Kier molecular flexibility index (Phi) is 5.64. The molecule has 0 amide bonds. The first-order valence-electron chi connectivity index (χ1n) is 7.72. The first-order valence-corrected chi connectivity index (χ1v) is 9.32. The Morgan fingerprint density at radius 2 is 2.00 bits per heavy atom. The van der Waals surface area contributed by atoms with Crippen molar-refractivity contribution in [2.45, 2.75) is 18.4 Å². The molecule has 0 saturated carbocycles. The maximum Gasteiger partial charge on any atom is 0.344 e. The molecule has 0 bridgehead atoms. The van der Waals surface area contributed by atoms with Crippen LogP contribution in [-0.4, -0.2) is 17.4 Å². The summed E-state index contributed by atoms with van der Waals surface area (Å²) in [6, 6.07) is 11.9. The van der Waals surface area contributed by atoms with Crippen molar-refractivity contribution in [1.82, 2.24) is 5.16 Å². The van der Waals surface area contributed by atoms with Crippen molar-refractivity contribution in [3.05, 3.63) is 70.2 Å². The number of hydrogen-bond acceptors (Lipinski definition) is 5. The standard InChI is InChI=1S/C19H15ClFNO3S/c1-11-16(18(22-25-11)17-14(20)4-3-5-15(17)21)19(23)24-10-12-6-8-13(26-2)9-7-12/h3-9H,10H2,1-2H3. The van der Waals surface area contributed by atoms with E-state index in [-0.39, 0.29) is 34.2 Å². The van der Waals surface area contributed by atoms with Gasteiger partial charge in [0.1, 0.15) is 29.4 Å². The molecule has 0 spiro atoms. The number of thioether (sulfide) groups is 1. The number of aryl methyl sites for hydroxylation is 1. The SMILES string of the molecule is CSc1ccc(COC(=O)c2c(-c3c(F)cccc3Cl)noc2C)cc1. The fraction of sp³-hybridized carbons (Fsp3) is 0.158. The second-order valence-electron chi connectivity index (χ2n) is 5.48. The number of nitrogens with zero attached hydrogens (tertiary/aromatic N) is 1. The molecule has 0 N–H and O–H groups in total. The van der Waals surface area contributed by atoms with Gasteiger partial charge in [0.25, 0.3) is 0 Å². The fourth-order valence-electron chi connectivity index (χ4n) is 2.45. The Morgan fingerprint density at radius 1 is 1.27 bits per heavy atom. The van der Waals surface area contributed by atoms with Crippen molar-refractivity contribution in [2.75, 3.05) is 6.26 Å². The Hall–Kier alpha value is -2.31. The van der Waals surface area contributed by atoms with E-state index in [9.17, 15) is 9.18 Å². The lowest BCUT2D eigenvalue weighted by Gasteiger charge is -2.07. The molecule has 26 heavy (non-hydrogen) atoms. The van der Waals surface area contributed by atoms with Crippen LogP contribution in [-0.2, 0) is 11.3 Å². The van der Waals surface area contributed by atoms with Crippen LogP contribution >= 0.6 is 23.4 Å². The van der Waals surface area contributed by atoms with Gasteiger partial charge in [-0.1, -0.05) is 35.0 Å². The van der Waals surface area contributed by atoms with Crippen LogP contribution in [0.5, 0.6) is 0 Å². The number of carbonyl (C=O) groups excluding carboxylic acids is 1. The van der Waals surface area contributed by atoms with Crippen LogP contribution in [0.15, 0.2) is 51.9 Å². The zero-order chi connectivity index (χ0) is 18.7. The Labute approximate surface area is 159 Å². The lowest BCUT2D eigenvalue weighted by atomic mass is 10.1. The molecule has 3 rings (SSSR count). The summed E-state index contributed by atoms with van der Waals surface area (Å²) < 4.78 is 24.6. The van der Waals surface area contributed by atoms with Gasteiger partial charge in [-0.15, -0.1) is 11.8 Å². The summed E-state index contributed by atoms with van der Waals surface area (Å²) in [5, 5.41) is 3.94. The van der Waals surface area contributed by atoms with Crippen molar-refractivity contribution in [1.29, 1.82) is 0 Å². The highest BCUT2D eigenvalue weighted by molar-refractivity contribution is 7.98. The smallest absolute Gasteiger partial charge is 0.344 e. The quantitative estimate of drug-likeness (QED) is 0.423.